The van der Waals surface area contributed by atoms with Crippen molar-refractivity contribution in [1.82, 2.24) is 5.32 Å². The number of fused-ring (bicyclic) bond motifs is 4. The van der Waals surface area contributed by atoms with Gasteiger partial charge < -0.3 is 5.32 Å². The van der Waals surface area contributed by atoms with E-state index >= 15 is 0 Å². The molecule has 0 amide bonds. The van der Waals surface area contributed by atoms with Gasteiger partial charge in [0.1, 0.15) is 6.17 Å². The quantitative estimate of drug-likeness (QED) is 0.102. The molecule has 0 fully saturated rings. The van der Waals surface area contributed by atoms with E-state index in [-0.39, 0.29) is 6.17 Å². The molecule has 228 valence electrons. The van der Waals surface area contributed by atoms with Gasteiger partial charge in [0.15, 0.2) is 0 Å². The molecule has 0 aliphatic heterocycles. The molecule has 1 atom stereocenters. The summed E-state index contributed by atoms with van der Waals surface area (Å²) in [5, 5.41) is 24.4. The Bertz CT molecular complexity index is 2420. The first-order chi connectivity index (χ1) is 23.7. The summed E-state index contributed by atoms with van der Waals surface area (Å²) in [6.07, 6.45) is -0.135. The normalized spacial score (nSPS) is 11.8. The molecule has 0 bridgehead atoms. The number of nitrogens with one attached hydrogen (secondary N) is 2. The van der Waals surface area contributed by atoms with Crippen LogP contribution in [0.3, 0.4) is 0 Å². The fourth-order valence-corrected chi connectivity index (χ4v) is 6.82. The Morgan fingerprint density at radius 2 is 1.19 bits per heavy atom. The van der Waals surface area contributed by atoms with Gasteiger partial charge in [-0.15, -0.1) is 0 Å². The van der Waals surface area contributed by atoms with E-state index < -0.39 is 0 Å². The van der Waals surface area contributed by atoms with Crippen LogP contribution in [-0.4, -0.2) is 0 Å². The summed E-state index contributed by atoms with van der Waals surface area (Å²) in [5.41, 5.74) is 8.75. The molecule has 8 aromatic rings. The molecule has 2 N–H and O–H groups in total. The van der Waals surface area contributed by atoms with Crippen LogP contribution < -0.4 is 10.6 Å². The van der Waals surface area contributed by atoms with Crippen LogP contribution in [0.2, 0.25) is 0 Å². The zero-order chi connectivity index (χ0) is 32.3. The van der Waals surface area contributed by atoms with Crippen molar-refractivity contribution < 1.29 is 0 Å². The predicted molar refractivity (Wildman–Crippen MR) is 201 cm³/mol. The molecule has 3 heteroatoms. The highest BCUT2D eigenvalue weighted by atomic mass is 15.1. The summed E-state index contributed by atoms with van der Waals surface area (Å²) in [6, 6.07) is 62.0. The number of hydrogen-bond acceptors (Lipinski definition) is 3. The van der Waals surface area contributed by atoms with E-state index in [0.717, 1.165) is 22.4 Å². The van der Waals surface area contributed by atoms with Crippen molar-refractivity contribution in [2.75, 3.05) is 5.32 Å². The average Bonchev–Trinajstić information content (AvgIpc) is 3.16. The van der Waals surface area contributed by atoms with Crippen LogP contribution in [-0.2, 0) is 6.54 Å². The summed E-state index contributed by atoms with van der Waals surface area (Å²) < 4.78 is 0. The van der Waals surface area contributed by atoms with Gasteiger partial charge in [0.25, 0.3) is 0 Å². The minimum absolute atomic E-state index is 0.135. The molecule has 0 saturated heterocycles. The monoisotopic (exact) mass is 615 g/mol. The van der Waals surface area contributed by atoms with Crippen molar-refractivity contribution in [1.29, 1.82) is 5.26 Å². The molecule has 0 saturated carbocycles. The molecule has 0 spiro atoms. The van der Waals surface area contributed by atoms with Crippen molar-refractivity contribution in [2.45, 2.75) is 12.7 Å². The topological polar surface area (TPSA) is 47.9 Å². The Morgan fingerprint density at radius 3 is 1.98 bits per heavy atom. The lowest BCUT2D eigenvalue weighted by molar-refractivity contribution is 0.587. The third-order valence-electron chi connectivity index (χ3n) is 9.23. The highest BCUT2D eigenvalue weighted by Crippen LogP contribution is 2.39. The molecule has 0 aromatic heterocycles. The van der Waals surface area contributed by atoms with E-state index in [1.807, 2.05) is 30.3 Å². The lowest BCUT2D eigenvalue weighted by Crippen LogP contribution is -2.27. The van der Waals surface area contributed by atoms with E-state index in [1.54, 1.807) is 0 Å². The minimum atomic E-state index is -0.135. The van der Waals surface area contributed by atoms with Crippen LogP contribution in [0.25, 0.3) is 54.6 Å². The Morgan fingerprint density at radius 1 is 0.521 bits per heavy atom. The Balaban J connectivity index is 1.16. The second-order valence-corrected chi connectivity index (χ2v) is 12.1. The maximum absolute atomic E-state index is 9.27. The van der Waals surface area contributed by atoms with Crippen LogP contribution in [0.15, 0.2) is 170 Å². The van der Waals surface area contributed by atoms with Gasteiger partial charge in [-0.1, -0.05) is 140 Å². The van der Waals surface area contributed by atoms with Gasteiger partial charge >= 0.3 is 0 Å². The predicted octanol–water partition coefficient (Wildman–Crippen LogP) is 11.3. The lowest BCUT2D eigenvalue weighted by Gasteiger charge is -2.23. The zero-order valence-corrected chi connectivity index (χ0v) is 26.4. The van der Waals surface area contributed by atoms with Gasteiger partial charge in [0, 0.05) is 12.2 Å². The van der Waals surface area contributed by atoms with E-state index in [9.17, 15) is 5.26 Å². The molecular formula is C45H33N3. The maximum atomic E-state index is 9.27. The Labute approximate surface area is 280 Å². The Hall–Kier alpha value is -6.21. The highest BCUT2D eigenvalue weighted by Gasteiger charge is 2.16. The number of nitrogens with zero attached hydrogens (tertiary/aromatic N) is 1. The third-order valence-corrected chi connectivity index (χ3v) is 9.23. The van der Waals surface area contributed by atoms with Gasteiger partial charge in [0.2, 0.25) is 0 Å². The van der Waals surface area contributed by atoms with E-state index in [4.69, 9.17) is 0 Å². The SMILES string of the molecule is N#Cc1ccc(-c2ccccc2CNC(Nc2ccccc2)c2ccc(-c3c4ccccc4cc4c3ccc3ccccc34)cc2)cc1. The van der Waals surface area contributed by atoms with E-state index in [1.165, 1.54) is 49.0 Å². The van der Waals surface area contributed by atoms with Crippen LogP contribution in [0.5, 0.6) is 0 Å². The van der Waals surface area contributed by atoms with Gasteiger partial charge in [0.05, 0.1) is 11.6 Å². The third kappa shape index (κ3) is 5.67. The second kappa shape index (κ2) is 12.9. The summed E-state index contributed by atoms with van der Waals surface area (Å²) in [5.74, 6) is 0. The van der Waals surface area contributed by atoms with Gasteiger partial charge in [-0.25, -0.2) is 0 Å². The van der Waals surface area contributed by atoms with Crippen molar-refractivity contribution in [2.24, 2.45) is 0 Å². The first-order valence-corrected chi connectivity index (χ1v) is 16.3. The summed E-state index contributed by atoms with van der Waals surface area (Å²) >= 11 is 0. The molecule has 8 rings (SSSR count). The average molecular weight is 616 g/mol. The van der Waals surface area contributed by atoms with Gasteiger partial charge in [-0.3, -0.25) is 5.32 Å². The van der Waals surface area contributed by atoms with E-state index in [2.05, 4.69) is 156 Å². The molecule has 3 nitrogen and oxygen atoms in total. The van der Waals surface area contributed by atoms with Gasteiger partial charge in [-0.05, 0) is 96.0 Å². The number of anilines is 1. The van der Waals surface area contributed by atoms with E-state index in [0.29, 0.717) is 12.1 Å². The van der Waals surface area contributed by atoms with Crippen molar-refractivity contribution in [3.05, 3.63) is 187 Å². The zero-order valence-electron chi connectivity index (χ0n) is 26.4. The van der Waals surface area contributed by atoms with Crippen LogP contribution in [0.1, 0.15) is 22.9 Å². The number of benzene rings is 8. The fraction of sp³-hybridized carbons (Fsp3) is 0.0444. The molecule has 1 unspecified atom stereocenters. The minimum Gasteiger partial charge on any atom is -0.366 e. The van der Waals surface area contributed by atoms with Crippen LogP contribution in [0, 0.1) is 11.3 Å². The smallest absolute Gasteiger partial charge is 0.103 e. The second-order valence-electron chi connectivity index (χ2n) is 12.1. The molecular weight excluding hydrogens is 583 g/mol. The molecule has 0 aliphatic rings. The van der Waals surface area contributed by atoms with Crippen LogP contribution >= 0.6 is 0 Å². The molecule has 48 heavy (non-hydrogen) atoms. The summed E-state index contributed by atoms with van der Waals surface area (Å²) in [6.45, 7) is 0.656. The van der Waals surface area contributed by atoms with Crippen molar-refractivity contribution >= 4 is 38.0 Å². The maximum Gasteiger partial charge on any atom is 0.103 e. The standard InChI is InChI=1S/C45H33N3/c46-29-31-18-20-33(21-19-31)39-15-7-6-12-37(39)30-47-45(48-38-13-2-1-3-14-38)35-24-22-34(23-25-35)44-41-17-9-5-11-36(41)28-43-40-16-8-4-10-32(40)26-27-42(43)44/h1-28,45,47-48H,30H2. The lowest BCUT2D eigenvalue weighted by atomic mass is 9.89. The molecule has 0 radical (unpaired) electrons. The Kier molecular flexibility index (Phi) is 7.84. The molecule has 8 aromatic carbocycles. The largest absolute Gasteiger partial charge is 0.366 e. The highest BCUT2D eigenvalue weighted by molar-refractivity contribution is 6.20. The number of nitriles is 1. The number of para-hydroxylation sites is 1. The van der Waals surface area contributed by atoms with Crippen molar-refractivity contribution in [3.63, 3.8) is 0 Å². The molecule has 0 heterocycles. The van der Waals surface area contributed by atoms with Crippen LogP contribution in [0.4, 0.5) is 5.69 Å². The summed E-state index contributed by atoms with van der Waals surface area (Å²) in [7, 11) is 0. The molecule has 0 aliphatic carbocycles. The van der Waals surface area contributed by atoms with Gasteiger partial charge in [-0.2, -0.15) is 5.26 Å². The number of rotatable bonds is 8. The fourth-order valence-electron chi connectivity index (χ4n) is 6.82. The first-order valence-electron chi connectivity index (χ1n) is 16.3. The summed E-state index contributed by atoms with van der Waals surface area (Å²) in [4.78, 5) is 0. The number of hydrogen-bond donors (Lipinski definition) is 2. The first kappa shape index (κ1) is 29.2. The van der Waals surface area contributed by atoms with Crippen molar-refractivity contribution in [3.8, 4) is 28.3 Å².